The summed E-state index contributed by atoms with van der Waals surface area (Å²) in [5.41, 5.74) is 1.13. The number of hydrogen-bond acceptors (Lipinski definition) is 3. The molecule has 3 heteroatoms. The van der Waals surface area contributed by atoms with Gasteiger partial charge in [0, 0.05) is 31.5 Å². The third-order valence-corrected chi connectivity index (χ3v) is 5.98. The van der Waals surface area contributed by atoms with Gasteiger partial charge in [0.1, 0.15) is 0 Å². The maximum Gasteiger partial charge on any atom is 0.173 e. The van der Waals surface area contributed by atoms with E-state index in [4.69, 9.17) is 9.47 Å². The third-order valence-electron chi connectivity index (χ3n) is 5.98. The van der Waals surface area contributed by atoms with Gasteiger partial charge in [0.05, 0.1) is 5.60 Å². The molecule has 1 N–H and O–H groups in total. The third kappa shape index (κ3) is 2.88. The fourth-order valence-electron chi connectivity index (χ4n) is 4.84. The minimum absolute atomic E-state index is 0.0982. The van der Waals surface area contributed by atoms with Crippen molar-refractivity contribution in [3.8, 4) is 0 Å². The Balaban J connectivity index is 0.000000309. The van der Waals surface area contributed by atoms with E-state index in [0.29, 0.717) is 24.2 Å². The topological polar surface area (TPSA) is 38.7 Å². The molecule has 3 nitrogen and oxygen atoms in total. The maximum absolute atomic E-state index is 10.8. The van der Waals surface area contributed by atoms with Crippen molar-refractivity contribution in [3.63, 3.8) is 0 Å². The molecular formula is C19H34O3. The Morgan fingerprint density at radius 2 is 1.95 bits per heavy atom. The molecule has 0 amide bonds. The molecule has 1 spiro atoms. The predicted molar refractivity (Wildman–Crippen MR) is 89.5 cm³/mol. The maximum atomic E-state index is 10.8. The van der Waals surface area contributed by atoms with Crippen molar-refractivity contribution in [2.45, 2.75) is 71.7 Å². The quantitative estimate of drug-likeness (QED) is 0.796. The summed E-state index contributed by atoms with van der Waals surface area (Å²) in [5.74, 6) is 0.852. The Hall–Kier alpha value is -0.380. The molecule has 5 atom stereocenters. The lowest BCUT2D eigenvalue weighted by Crippen LogP contribution is -2.48. The summed E-state index contributed by atoms with van der Waals surface area (Å²) in [5, 5.41) is 10.8. The first-order valence-corrected chi connectivity index (χ1v) is 8.98. The minimum atomic E-state index is -0.930. The van der Waals surface area contributed by atoms with Gasteiger partial charge in [-0.25, -0.2) is 0 Å². The molecule has 1 aliphatic carbocycles. The zero-order valence-electron chi connectivity index (χ0n) is 15.0. The number of aliphatic hydroxyl groups is 1. The molecule has 0 aromatic rings. The van der Waals surface area contributed by atoms with Crippen molar-refractivity contribution >= 4 is 0 Å². The molecular weight excluding hydrogens is 276 g/mol. The summed E-state index contributed by atoms with van der Waals surface area (Å²) in [6.07, 6.45) is 4.08. The highest BCUT2D eigenvalue weighted by molar-refractivity contribution is 5.24. The molecule has 3 fully saturated rings. The molecule has 0 unspecified atom stereocenters. The molecule has 1 saturated carbocycles. The van der Waals surface area contributed by atoms with Crippen LogP contribution in [-0.4, -0.2) is 29.7 Å². The van der Waals surface area contributed by atoms with E-state index in [-0.39, 0.29) is 11.5 Å². The monoisotopic (exact) mass is 310 g/mol. The van der Waals surface area contributed by atoms with Gasteiger partial charge in [-0.2, -0.15) is 0 Å². The fraction of sp³-hybridized carbons (Fsp3) is 0.895. The van der Waals surface area contributed by atoms with Gasteiger partial charge in [0.2, 0.25) is 0 Å². The second-order valence-electron chi connectivity index (χ2n) is 7.60. The average Bonchev–Trinajstić information content (AvgIpc) is 2.88. The molecule has 0 aromatic carbocycles. The summed E-state index contributed by atoms with van der Waals surface area (Å²) in [6, 6.07) is 0. The summed E-state index contributed by atoms with van der Waals surface area (Å²) in [4.78, 5) is 0. The Labute approximate surface area is 136 Å². The zero-order chi connectivity index (χ0) is 16.5. The molecule has 0 aromatic heterocycles. The van der Waals surface area contributed by atoms with Gasteiger partial charge in [-0.1, -0.05) is 32.9 Å². The number of rotatable bonds is 3. The van der Waals surface area contributed by atoms with Crippen molar-refractivity contribution in [1.29, 1.82) is 0 Å². The first-order valence-electron chi connectivity index (χ1n) is 8.98. The van der Waals surface area contributed by atoms with E-state index in [1.165, 1.54) is 18.4 Å². The molecule has 22 heavy (non-hydrogen) atoms. The van der Waals surface area contributed by atoms with Crippen molar-refractivity contribution in [1.82, 2.24) is 0 Å². The normalized spacial score (nSPS) is 43.0. The lowest BCUT2D eigenvalue weighted by molar-refractivity contribution is -0.269. The van der Waals surface area contributed by atoms with Gasteiger partial charge in [-0.15, -0.1) is 0 Å². The molecule has 2 heterocycles. The standard InChI is InChI=1S/C15H24O2.C4H10O/c1-9(2)13-8-14-11(4)5-6-12(14)10(3)7-15(13,16)17-14;1-3-5-4-2/h9,11-13,16H,3,5-8H2,1-2,4H3;3-4H2,1-2H3/t11-,12-,13-,14-,15-;/m0./s1. The van der Waals surface area contributed by atoms with Gasteiger partial charge in [-0.05, 0) is 44.9 Å². The van der Waals surface area contributed by atoms with Crippen LogP contribution in [0.25, 0.3) is 0 Å². The molecule has 128 valence electrons. The highest BCUT2D eigenvalue weighted by Gasteiger charge is 2.66. The second kappa shape index (κ2) is 6.62. The van der Waals surface area contributed by atoms with Crippen LogP contribution in [0.5, 0.6) is 0 Å². The van der Waals surface area contributed by atoms with Crippen molar-refractivity contribution < 1.29 is 14.6 Å². The molecule has 2 aliphatic heterocycles. The largest absolute Gasteiger partial charge is 0.382 e. The van der Waals surface area contributed by atoms with Gasteiger partial charge in [0.25, 0.3) is 0 Å². The van der Waals surface area contributed by atoms with Crippen LogP contribution in [0.3, 0.4) is 0 Å². The van der Waals surface area contributed by atoms with Crippen LogP contribution in [-0.2, 0) is 9.47 Å². The summed E-state index contributed by atoms with van der Waals surface area (Å²) < 4.78 is 11.1. The summed E-state index contributed by atoms with van der Waals surface area (Å²) >= 11 is 0. The van der Waals surface area contributed by atoms with E-state index in [1.807, 2.05) is 13.8 Å². The molecule has 3 rings (SSSR count). The average molecular weight is 310 g/mol. The predicted octanol–water partition coefficient (Wildman–Crippen LogP) is 4.16. The summed E-state index contributed by atoms with van der Waals surface area (Å²) in [6.45, 7) is 16.6. The Kier molecular flexibility index (Phi) is 5.41. The molecule has 2 saturated heterocycles. The van der Waals surface area contributed by atoms with Crippen LogP contribution in [0, 0.1) is 23.7 Å². The van der Waals surface area contributed by atoms with Crippen molar-refractivity contribution in [2.24, 2.45) is 23.7 Å². The molecule has 2 bridgehead atoms. The lowest BCUT2D eigenvalue weighted by atomic mass is 9.77. The van der Waals surface area contributed by atoms with Gasteiger partial charge in [-0.3, -0.25) is 0 Å². The first kappa shape index (κ1) is 18.0. The van der Waals surface area contributed by atoms with Crippen molar-refractivity contribution in [2.75, 3.05) is 13.2 Å². The van der Waals surface area contributed by atoms with Crippen LogP contribution in [0.2, 0.25) is 0 Å². The fourth-order valence-corrected chi connectivity index (χ4v) is 4.84. The Morgan fingerprint density at radius 3 is 2.45 bits per heavy atom. The van der Waals surface area contributed by atoms with E-state index in [1.54, 1.807) is 0 Å². The van der Waals surface area contributed by atoms with E-state index >= 15 is 0 Å². The second-order valence-corrected chi connectivity index (χ2v) is 7.60. The smallest absolute Gasteiger partial charge is 0.173 e. The Bertz CT molecular complexity index is 403. The highest BCUT2D eigenvalue weighted by Crippen LogP contribution is 2.63. The van der Waals surface area contributed by atoms with Crippen LogP contribution in [0.1, 0.15) is 60.3 Å². The van der Waals surface area contributed by atoms with E-state index < -0.39 is 5.79 Å². The number of ether oxygens (including phenoxy) is 2. The highest BCUT2D eigenvalue weighted by atomic mass is 16.6. The molecule has 3 aliphatic rings. The van der Waals surface area contributed by atoms with Crippen LogP contribution >= 0.6 is 0 Å². The molecule has 0 radical (unpaired) electrons. The van der Waals surface area contributed by atoms with Gasteiger partial charge >= 0.3 is 0 Å². The van der Waals surface area contributed by atoms with Crippen LogP contribution < -0.4 is 0 Å². The number of hydrogen-bond donors (Lipinski definition) is 1. The van der Waals surface area contributed by atoms with E-state index in [9.17, 15) is 5.11 Å². The zero-order valence-corrected chi connectivity index (χ0v) is 15.0. The van der Waals surface area contributed by atoms with E-state index in [2.05, 4.69) is 27.4 Å². The first-order chi connectivity index (χ1) is 10.3. The van der Waals surface area contributed by atoms with Gasteiger partial charge in [0.15, 0.2) is 5.79 Å². The van der Waals surface area contributed by atoms with E-state index in [0.717, 1.165) is 19.6 Å². The van der Waals surface area contributed by atoms with Crippen LogP contribution in [0.15, 0.2) is 12.2 Å². The summed E-state index contributed by atoms with van der Waals surface area (Å²) in [7, 11) is 0. The number of fused-ring (bicyclic) bond motifs is 1. The van der Waals surface area contributed by atoms with Gasteiger partial charge < -0.3 is 14.6 Å². The van der Waals surface area contributed by atoms with Crippen LogP contribution in [0.4, 0.5) is 0 Å². The SMILES string of the molecule is C=C1C[C@]2(O)O[C@@]3(C[C@H]2C(C)C)[C@@H](C)CC[C@@H]13.CCOCC. The lowest BCUT2D eigenvalue weighted by Gasteiger charge is -2.43. The van der Waals surface area contributed by atoms with Crippen molar-refractivity contribution in [3.05, 3.63) is 12.2 Å². The Morgan fingerprint density at radius 1 is 1.32 bits per heavy atom. The minimum Gasteiger partial charge on any atom is -0.382 e.